The Morgan fingerprint density at radius 3 is 2.71 bits per heavy atom. The Morgan fingerprint density at radius 2 is 2.03 bits per heavy atom. The fourth-order valence-corrected chi connectivity index (χ4v) is 4.67. The van der Waals surface area contributed by atoms with Gasteiger partial charge in [-0.2, -0.15) is 18.4 Å². The minimum atomic E-state index is -4.36. The van der Waals surface area contributed by atoms with E-state index in [-0.39, 0.29) is 31.3 Å². The van der Waals surface area contributed by atoms with Gasteiger partial charge in [0.15, 0.2) is 0 Å². The molecule has 0 unspecified atom stereocenters. The summed E-state index contributed by atoms with van der Waals surface area (Å²) >= 11 is 0. The normalized spacial score (nSPS) is 22.7. The largest absolute Gasteiger partial charge is 0.393 e. The summed E-state index contributed by atoms with van der Waals surface area (Å²) in [5.74, 6) is -1.49. The van der Waals surface area contributed by atoms with E-state index in [0.717, 1.165) is 13.1 Å². The molecule has 1 aromatic carbocycles. The number of pyridine rings is 1. The summed E-state index contributed by atoms with van der Waals surface area (Å²) in [4.78, 5) is 20.5. The van der Waals surface area contributed by atoms with Crippen molar-refractivity contribution in [1.82, 2.24) is 15.2 Å². The number of amides is 1. The first-order valence-corrected chi connectivity index (χ1v) is 10.3. The second-order valence-corrected chi connectivity index (χ2v) is 8.58. The Bertz CT molecular complexity index is 1010. The number of carbonyl (C=O) groups is 1. The quantitative estimate of drug-likeness (QED) is 0.806. The number of rotatable bonds is 4. The maximum atomic E-state index is 13.7. The van der Waals surface area contributed by atoms with Gasteiger partial charge in [0.1, 0.15) is 6.07 Å². The molecule has 0 spiro atoms. The number of halogens is 3. The number of carbonyl (C=O) groups excluding carboxylic acids is 1. The van der Waals surface area contributed by atoms with Crippen molar-refractivity contribution in [3.05, 3.63) is 36.0 Å². The number of hydrogen-bond acceptors (Lipinski definition) is 5. The summed E-state index contributed by atoms with van der Waals surface area (Å²) in [7, 11) is 1.97. The van der Waals surface area contributed by atoms with E-state index in [1.54, 1.807) is 35.4 Å². The Hall–Kier alpha value is -2.86. The summed E-state index contributed by atoms with van der Waals surface area (Å²) < 4.78 is 41.1. The van der Waals surface area contributed by atoms with Gasteiger partial charge >= 0.3 is 6.18 Å². The molecule has 2 aliphatic rings. The number of nitriles is 1. The molecular weight excluding hydrogens is 407 g/mol. The van der Waals surface area contributed by atoms with Crippen molar-refractivity contribution in [3.63, 3.8) is 0 Å². The molecule has 3 heterocycles. The molecule has 1 N–H and O–H groups in total. The van der Waals surface area contributed by atoms with Crippen LogP contribution in [0.4, 0.5) is 18.9 Å². The lowest BCUT2D eigenvalue weighted by atomic mass is 9.91. The van der Waals surface area contributed by atoms with E-state index in [1.807, 2.05) is 7.05 Å². The minimum Gasteiger partial charge on any atom is -0.368 e. The number of fused-ring (bicyclic) bond motifs is 1. The van der Waals surface area contributed by atoms with Crippen molar-refractivity contribution in [2.45, 2.75) is 25.1 Å². The van der Waals surface area contributed by atoms with Gasteiger partial charge in [-0.15, -0.1) is 0 Å². The highest BCUT2D eigenvalue weighted by molar-refractivity contribution is 5.95. The van der Waals surface area contributed by atoms with Crippen LogP contribution in [0.1, 0.15) is 18.4 Å². The molecule has 164 valence electrons. The van der Waals surface area contributed by atoms with E-state index in [2.05, 4.69) is 21.3 Å². The number of hydrogen-bond donors (Lipinski definition) is 1. The highest BCUT2D eigenvalue weighted by atomic mass is 19.4. The molecule has 0 bridgehead atoms. The smallest absolute Gasteiger partial charge is 0.368 e. The lowest BCUT2D eigenvalue weighted by Gasteiger charge is -2.41. The van der Waals surface area contributed by atoms with Gasteiger partial charge < -0.3 is 15.1 Å². The number of anilines is 1. The second-order valence-electron chi connectivity index (χ2n) is 8.58. The molecule has 0 saturated carbocycles. The maximum Gasteiger partial charge on any atom is 0.393 e. The van der Waals surface area contributed by atoms with Crippen molar-refractivity contribution < 1.29 is 18.0 Å². The summed E-state index contributed by atoms with van der Waals surface area (Å²) in [5, 5.41) is 12.8. The molecule has 1 amide bonds. The van der Waals surface area contributed by atoms with Gasteiger partial charge in [-0.3, -0.25) is 9.78 Å². The van der Waals surface area contributed by atoms with E-state index in [0.29, 0.717) is 28.6 Å². The first-order valence-electron chi connectivity index (χ1n) is 10.3. The van der Waals surface area contributed by atoms with Crippen LogP contribution < -0.4 is 10.2 Å². The van der Waals surface area contributed by atoms with E-state index < -0.39 is 18.1 Å². The van der Waals surface area contributed by atoms with Crippen LogP contribution in [0.25, 0.3) is 10.9 Å². The molecule has 0 radical (unpaired) electrons. The zero-order valence-electron chi connectivity index (χ0n) is 17.2. The van der Waals surface area contributed by atoms with Gasteiger partial charge in [-0.05, 0) is 43.7 Å². The maximum absolute atomic E-state index is 13.7. The van der Waals surface area contributed by atoms with Gasteiger partial charge in [0.25, 0.3) is 0 Å². The summed E-state index contributed by atoms with van der Waals surface area (Å²) in [6.07, 6.45) is -2.61. The van der Waals surface area contributed by atoms with Gasteiger partial charge in [-0.1, -0.05) is 0 Å². The third-order valence-electron chi connectivity index (χ3n) is 6.10. The Labute approximate surface area is 178 Å². The van der Waals surface area contributed by atoms with Gasteiger partial charge in [0.05, 0.1) is 17.0 Å². The molecule has 4 rings (SSSR count). The highest BCUT2D eigenvalue weighted by Crippen LogP contribution is 2.37. The minimum absolute atomic E-state index is 0.136. The Kier molecular flexibility index (Phi) is 5.75. The number of nitrogens with zero attached hydrogens (tertiary/aromatic N) is 4. The third-order valence-corrected chi connectivity index (χ3v) is 6.10. The average Bonchev–Trinajstić information content (AvgIpc) is 2.71. The number of likely N-dealkylation sites (tertiary alicyclic amines) is 1. The predicted octanol–water partition coefficient (Wildman–Crippen LogP) is 2.93. The van der Waals surface area contributed by atoms with Crippen LogP contribution in [0.15, 0.2) is 30.5 Å². The second kappa shape index (κ2) is 8.35. The van der Waals surface area contributed by atoms with E-state index in [4.69, 9.17) is 0 Å². The summed E-state index contributed by atoms with van der Waals surface area (Å²) in [5.41, 5.74) is 1.43. The zero-order valence-corrected chi connectivity index (χ0v) is 17.2. The Morgan fingerprint density at radius 1 is 1.26 bits per heavy atom. The standard InChI is InChI=1S/C22H24F3N5O/c1-29-10-14(11-29)7-20(31)28-17-8-16(22(23,24)25)12-30(13-17)19-5-4-15(9-26)21-18(19)3-2-6-27-21/h2-6,14,16-17H,7-8,10-13H2,1H3,(H,28,31)/t16-,17+/m0/s1. The molecule has 2 saturated heterocycles. The van der Waals surface area contributed by atoms with Crippen LogP contribution in [0.2, 0.25) is 0 Å². The van der Waals surface area contributed by atoms with Crippen LogP contribution in [0, 0.1) is 23.2 Å². The Balaban J connectivity index is 1.58. The van der Waals surface area contributed by atoms with E-state index >= 15 is 0 Å². The predicted molar refractivity (Wildman–Crippen MR) is 110 cm³/mol. The average molecular weight is 431 g/mol. The van der Waals surface area contributed by atoms with Crippen molar-refractivity contribution in [1.29, 1.82) is 5.26 Å². The molecule has 2 aliphatic heterocycles. The van der Waals surface area contributed by atoms with Crippen molar-refractivity contribution in [2.24, 2.45) is 11.8 Å². The number of aromatic nitrogens is 1. The molecule has 2 atom stereocenters. The number of nitrogens with one attached hydrogen (secondary N) is 1. The van der Waals surface area contributed by atoms with Crippen LogP contribution in [-0.4, -0.2) is 61.2 Å². The highest BCUT2D eigenvalue weighted by Gasteiger charge is 2.45. The molecule has 6 nitrogen and oxygen atoms in total. The van der Waals surface area contributed by atoms with Crippen LogP contribution in [0.3, 0.4) is 0 Å². The fourth-order valence-electron chi connectivity index (χ4n) is 4.67. The van der Waals surface area contributed by atoms with Crippen molar-refractivity contribution in [3.8, 4) is 6.07 Å². The molecular formula is C22H24F3N5O. The number of piperidine rings is 1. The molecule has 9 heteroatoms. The lowest BCUT2D eigenvalue weighted by Crippen LogP contribution is -2.54. The van der Waals surface area contributed by atoms with Crippen LogP contribution in [-0.2, 0) is 4.79 Å². The zero-order chi connectivity index (χ0) is 22.2. The van der Waals surface area contributed by atoms with Crippen LogP contribution >= 0.6 is 0 Å². The topological polar surface area (TPSA) is 72.3 Å². The van der Waals surface area contributed by atoms with Gasteiger partial charge in [0.2, 0.25) is 5.91 Å². The molecule has 1 aromatic heterocycles. The summed E-state index contributed by atoms with van der Waals surface area (Å²) in [6.45, 7) is 1.75. The first-order chi connectivity index (χ1) is 14.7. The van der Waals surface area contributed by atoms with Gasteiger partial charge in [0, 0.05) is 55.9 Å². The SMILES string of the molecule is CN1CC(CC(=O)N[C@@H]2C[C@H](C(F)(F)F)CN(c3ccc(C#N)c4ncccc34)C2)C1. The van der Waals surface area contributed by atoms with E-state index in [1.165, 1.54) is 0 Å². The molecule has 0 aliphatic carbocycles. The number of benzene rings is 1. The molecule has 2 fully saturated rings. The monoisotopic (exact) mass is 431 g/mol. The summed E-state index contributed by atoms with van der Waals surface area (Å²) in [6, 6.07) is 8.19. The third kappa shape index (κ3) is 4.59. The van der Waals surface area contributed by atoms with Crippen molar-refractivity contribution in [2.75, 3.05) is 38.1 Å². The van der Waals surface area contributed by atoms with Crippen LogP contribution in [0.5, 0.6) is 0 Å². The lowest BCUT2D eigenvalue weighted by molar-refractivity contribution is -0.178. The molecule has 31 heavy (non-hydrogen) atoms. The van der Waals surface area contributed by atoms with Gasteiger partial charge in [-0.25, -0.2) is 0 Å². The fraction of sp³-hybridized carbons (Fsp3) is 0.500. The number of alkyl halides is 3. The molecule has 2 aromatic rings. The van der Waals surface area contributed by atoms with Crippen molar-refractivity contribution >= 4 is 22.5 Å². The first kappa shape index (κ1) is 21.4. The van der Waals surface area contributed by atoms with E-state index in [9.17, 15) is 23.2 Å².